The molecule has 18 heavy (non-hydrogen) atoms. The predicted octanol–water partition coefficient (Wildman–Crippen LogP) is 3.42. The highest BCUT2D eigenvalue weighted by Crippen LogP contribution is 2.32. The van der Waals surface area contributed by atoms with Crippen LogP contribution in [0.5, 0.6) is 0 Å². The third-order valence-corrected chi connectivity index (χ3v) is 3.56. The molecule has 98 valence electrons. The summed E-state index contributed by atoms with van der Waals surface area (Å²) in [6.45, 7) is 2.32. The maximum absolute atomic E-state index is 11.7. The zero-order valence-corrected chi connectivity index (χ0v) is 10.9. The van der Waals surface area contributed by atoms with Crippen molar-refractivity contribution in [2.24, 2.45) is 0 Å². The smallest absolute Gasteiger partial charge is 0.274 e. The molecule has 1 fully saturated rings. The van der Waals surface area contributed by atoms with Gasteiger partial charge in [-0.05, 0) is 43.4 Å². The van der Waals surface area contributed by atoms with Gasteiger partial charge >= 0.3 is 0 Å². The molecule has 1 amide bonds. The van der Waals surface area contributed by atoms with E-state index in [0.717, 1.165) is 0 Å². The third kappa shape index (κ3) is 3.33. The van der Waals surface area contributed by atoms with E-state index in [1.807, 2.05) is 19.1 Å². The van der Waals surface area contributed by atoms with Crippen molar-refractivity contribution in [3.05, 3.63) is 35.4 Å². The second-order valence-electron chi connectivity index (χ2n) is 4.82. The minimum atomic E-state index is -0.174. The molecule has 1 aliphatic carbocycles. The molecule has 0 atom stereocenters. The highest BCUT2D eigenvalue weighted by Gasteiger charge is 2.15. The normalized spacial score (nSPS) is 16.5. The van der Waals surface area contributed by atoms with E-state index in [2.05, 4.69) is 17.6 Å². The average Bonchev–Trinajstić information content (AvgIpc) is 2.46. The van der Waals surface area contributed by atoms with Gasteiger partial charge in [-0.25, -0.2) is 5.48 Å². The standard InChI is InChI=1S/C15H21NO2/c1-2-18-16-15(17)14-10-8-13(9-11-14)12-6-4-3-5-7-12/h8-12H,2-7H2,1H3,(H,16,17). The van der Waals surface area contributed by atoms with E-state index in [1.165, 1.54) is 37.7 Å². The molecule has 0 spiro atoms. The van der Waals surface area contributed by atoms with Crippen LogP contribution in [-0.4, -0.2) is 12.5 Å². The molecular weight excluding hydrogens is 226 g/mol. The Labute approximate surface area is 108 Å². The van der Waals surface area contributed by atoms with Crippen molar-refractivity contribution in [3.63, 3.8) is 0 Å². The molecule has 1 aromatic carbocycles. The van der Waals surface area contributed by atoms with Crippen LogP contribution in [0, 0.1) is 0 Å². The van der Waals surface area contributed by atoms with Gasteiger partial charge < -0.3 is 0 Å². The largest absolute Gasteiger partial charge is 0.274 e. The van der Waals surface area contributed by atoms with Gasteiger partial charge in [-0.15, -0.1) is 0 Å². The molecule has 3 heteroatoms. The van der Waals surface area contributed by atoms with Gasteiger partial charge in [0.25, 0.3) is 5.91 Å². The van der Waals surface area contributed by atoms with Crippen LogP contribution in [0.1, 0.15) is 60.9 Å². The number of carbonyl (C=O) groups excluding carboxylic acids is 1. The quantitative estimate of drug-likeness (QED) is 0.828. The maximum atomic E-state index is 11.7. The average molecular weight is 247 g/mol. The maximum Gasteiger partial charge on any atom is 0.274 e. The molecule has 0 radical (unpaired) electrons. The van der Waals surface area contributed by atoms with E-state index in [0.29, 0.717) is 18.1 Å². The second-order valence-corrected chi connectivity index (χ2v) is 4.82. The van der Waals surface area contributed by atoms with Gasteiger partial charge in [-0.3, -0.25) is 9.63 Å². The predicted molar refractivity (Wildman–Crippen MR) is 71.4 cm³/mol. The molecule has 1 aliphatic rings. The Bertz CT molecular complexity index is 380. The van der Waals surface area contributed by atoms with Gasteiger partial charge in [-0.1, -0.05) is 31.4 Å². The third-order valence-electron chi connectivity index (χ3n) is 3.56. The first-order chi connectivity index (χ1) is 8.81. The number of carbonyl (C=O) groups is 1. The minimum Gasteiger partial charge on any atom is -0.274 e. The Balaban J connectivity index is 1.98. The van der Waals surface area contributed by atoms with Crippen molar-refractivity contribution in [1.29, 1.82) is 0 Å². The van der Waals surface area contributed by atoms with E-state index in [-0.39, 0.29) is 5.91 Å². The molecule has 0 aliphatic heterocycles. The van der Waals surface area contributed by atoms with Gasteiger partial charge in [-0.2, -0.15) is 0 Å². The molecule has 0 saturated heterocycles. The molecular formula is C15H21NO2. The van der Waals surface area contributed by atoms with Crippen molar-refractivity contribution in [2.75, 3.05) is 6.61 Å². The van der Waals surface area contributed by atoms with E-state index in [4.69, 9.17) is 4.84 Å². The first-order valence-corrected chi connectivity index (χ1v) is 6.83. The number of amides is 1. The van der Waals surface area contributed by atoms with Gasteiger partial charge in [0.05, 0.1) is 6.61 Å². The molecule has 3 nitrogen and oxygen atoms in total. The lowest BCUT2D eigenvalue weighted by atomic mass is 9.84. The fourth-order valence-electron chi connectivity index (χ4n) is 2.54. The molecule has 1 aromatic rings. The topological polar surface area (TPSA) is 38.3 Å². The fourth-order valence-corrected chi connectivity index (χ4v) is 2.54. The van der Waals surface area contributed by atoms with Gasteiger partial charge in [0.1, 0.15) is 0 Å². The molecule has 2 rings (SSSR count). The number of hydrogen-bond acceptors (Lipinski definition) is 2. The van der Waals surface area contributed by atoms with Crippen molar-refractivity contribution >= 4 is 5.91 Å². The molecule has 1 N–H and O–H groups in total. The van der Waals surface area contributed by atoms with E-state index in [9.17, 15) is 4.79 Å². The lowest BCUT2D eigenvalue weighted by Gasteiger charge is -2.22. The van der Waals surface area contributed by atoms with Crippen molar-refractivity contribution < 1.29 is 9.63 Å². The van der Waals surface area contributed by atoms with Crippen LogP contribution in [0.15, 0.2) is 24.3 Å². The number of rotatable bonds is 4. The van der Waals surface area contributed by atoms with Crippen LogP contribution < -0.4 is 5.48 Å². The summed E-state index contributed by atoms with van der Waals surface area (Å²) in [5.41, 5.74) is 4.43. The molecule has 0 bridgehead atoms. The van der Waals surface area contributed by atoms with E-state index in [1.54, 1.807) is 0 Å². The summed E-state index contributed by atoms with van der Waals surface area (Å²) < 4.78 is 0. The second kappa shape index (κ2) is 6.55. The lowest BCUT2D eigenvalue weighted by molar-refractivity contribution is 0.0364. The molecule has 0 heterocycles. The van der Waals surface area contributed by atoms with Gasteiger partial charge in [0.2, 0.25) is 0 Å². The van der Waals surface area contributed by atoms with Gasteiger partial charge in [0.15, 0.2) is 0 Å². The van der Waals surface area contributed by atoms with Crippen LogP contribution >= 0.6 is 0 Å². The summed E-state index contributed by atoms with van der Waals surface area (Å²) in [6, 6.07) is 7.93. The van der Waals surface area contributed by atoms with Crippen LogP contribution in [-0.2, 0) is 4.84 Å². The number of benzene rings is 1. The van der Waals surface area contributed by atoms with Crippen LogP contribution in [0.3, 0.4) is 0 Å². The highest BCUT2D eigenvalue weighted by atomic mass is 16.6. The zero-order chi connectivity index (χ0) is 12.8. The summed E-state index contributed by atoms with van der Waals surface area (Å²) >= 11 is 0. The van der Waals surface area contributed by atoms with Crippen LogP contribution in [0.25, 0.3) is 0 Å². The summed E-state index contributed by atoms with van der Waals surface area (Å²) in [4.78, 5) is 16.6. The van der Waals surface area contributed by atoms with Crippen molar-refractivity contribution in [2.45, 2.75) is 44.9 Å². The summed E-state index contributed by atoms with van der Waals surface area (Å²) in [5.74, 6) is 0.509. The van der Waals surface area contributed by atoms with E-state index >= 15 is 0 Å². The Morgan fingerprint density at radius 3 is 2.50 bits per heavy atom. The van der Waals surface area contributed by atoms with Crippen LogP contribution in [0.2, 0.25) is 0 Å². The zero-order valence-electron chi connectivity index (χ0n) is 10.9. The Hall–Kier alpha value is -1.35. The summed E-state index contributed by atoms with van der Waals surface area (Å²) in [6.07, 6.45) is 6.59. The number of hydroxylamine groups is 1. The van der Waals surface area contributed by atoms with Crippen molar-refractivity contribution in [1.82, 2.24) is 5.48 Å². The summed E-state index contributed by atoms with van der Waals surface area (Å²) in [5, 5.41) is 0. The van der Waals surface area contributed by atoms with Gasteiger partial charge in [0, 0.05) is 5.56 Å². The SMILES string of the molecule is CCONC(=O)c1ccc(C2CCCCC2)cc1. The van der Waals surface area contributed by atoms with Crippen molar-refractivity contribution in [3.8, 4) is 0 Å². The fraction of sp³-hybridized carbons (Fsp3) is 0.533. The monoisotopic (exact) mass is 247 g/mol. The van der Waals surface area contributed by atoms with Crippen LogP contribution in [0.4, 0.5) is 0 Å². The Morgan fingerprint density at radius 2 is 1.89 bits per heavy atom. The minimum absolute atomic E-state index is 0.174. The summed E-state index contributed by atoms with van der Waals surface area (Å²) in [7, 11) is 0. The highest BCUT2D eigenvalue weighted by molar-refractivity contribution is 5.93. The van der Waals surface area contributed by atoms with E-state index < -0.39 is 0 Å². The Kier molecular flexibility index (Phi) is 4.76. The first kappa shape index (κ1) is 13.1. The first-order valence-electron chi connectivity index (χ1n) is 6.83. The lowest BCUT2D eigenvalue weighted by Crippen LogP contribution is -2.23. The molecule has 0 aromatic heterocycles. The number of nitrogens with one attached hydrogen (secondary N) is 1. The Morgan fingerprint density at radius 1 is 1.22 bits per heavy atom. The molecule has 0 unspecified atom stereocenters. The molecule has 1 saturated carbocycles. The number of hydrogen-bond donors (Lipinski definition) is 1.